The SMILES string of the molecule is COCC(=O)NNC(=O)NC(C)c1ncc(-c2cc(Cl)cc(F)c2Cl)cc1F. The van der Waals surface area contributed by atoms with Crippen molar-refractivity contribution in [3.05, 3.63) is 51.8 Å². The van der Waals surface area contributed by atoms with Gasteiger partial charge in [0.05, 0.1) is 16.8 Å². The molecule has 28 heavy (non-hydrogen) atoms. The van der Waals surface area contributed by atoms with Crippen LogP contribution in [0.5, 0.6) is 0 Å². The summed E-state index contributed by atoms with van der Waals surface area (Å²) in [6.07, 6.45) is 1.28. The summed E-state index contributed by atoms with van der Waals surface area (Å²) in [7, 11) is 1.32. The molecule has 0 spiro atoms. The number of hydrazine groups is 1. The van der Waals surface area contributed by atoms with Crippen molar-refractivity contribution in [2.24, 2.45) is 0 Å². The standard InChI is InChI=1S/C17H16Cl2F2N4O3/c1-8(23-17(27)25-24-14(26)7-28-2)16-13(21)3-9(6-22-16)11-4-10(18)5-12(20)15(11)19/h3-6,8H,7H2,1-2H3,(H,24,26)(H2,23,25,27). The molecule has 0 aliphatic heterocycles. The summed E-state index contributed by atoms with van der Waals surface area (Å²) >= 11 is 11.7. The van der Waals surface area contributed by atoms with Crippen LogP contribution in [0.3, 0.4) is 0 Å². The topological polar surface area (TPSA) is 92.4 Å². The molecule has 0 aliphatic carbocycles. The Morgan fingerprint density at radius 2 is 1.89 bits per heavy atom. The van der Waals surface area contributed by atoms with Gasteiger partial charge in [-0.05, 0) is 25.1 Å². The number of nitrogens with zero attached hydrogens (tertiary/aromatic N) is 1. The van der Waals surface area contributed by atoms with Gasteiger partial charge in [-0.1, -0.05) is 23.2 Å². The quantitative estimate of drug-likeness (QED) is 0.498. The Morgan fingerprint density at radius 1 is 1.18 bits per heavy atom. The van der Waals surface area contributed by atoms with Crippen LogP contribution in [-0.2, 0) is 9.53 Å². The van der Waals surface area contributed by atoms with Gasteiger partial charge in [-0.15, -0.1) is 0 Å². The molecular formula is C17H16Cl2F2N4O3. The molecule has 11 heteroatoms. The van der Waals surface area contributed by atoms with E-state index in [1.165, 1.54) is 26.3 Å². The van der Waals surface area contributed by atoms with Gasteiger partial charge in [0.2, 0.25) is 0 Å². The fraction of sp³-hybridized carbons (Fsp3) is 0.235. The Bertz CT molecular complexity index is 899. The zero-order valence-electron chi connectivity index (χ0n) is 14.8. The Labute approximate surface area is 169 Å². The normalized spacial score (nSPS) is 11.6. The lowest BCUT2D eigenvalue weighted by molar-refractivity contribution is -0.125. The lowest BCUT2D eigenvalue weighted by atomic mass is 10.1. The molecule has 0 aliphatic rings. The average Bonchev–Trinajstić information content (AvgIpc) is 2.63. The van der Waals surface area contributed by atoms with Crippen molar-refractivity contribution in [3.8, 4) is 11.1 Å². The number of halogens is 4. The number of hydrogen-bond donors (Lipinski definition) is 3. The summed E-state index contributed by atoms with van der Waals surface area (Å²) in [6.45, 7) is 1.26. The number of amides is 3. The van der Waals surface area contributed by atoms with Gasteiger partial charge in [-0.2, -0.15) is 0 Å². The minimum Gasteiger partial charge on any atom is -0.375 e. The first kappa shape index (κ1) is 21.8. The maximum absolute atomic E-state index is 14.5. The Morgan fingerprint density at radius 3 is 2.54 bits per heavy atom. The van der Waals surface area contributed by atoms with Crippen molar-refractivity contribution in [2.45, 2.75) is 13.0 Å². The lowest BCUT2D eigenvalue weighted by Crippen LogP contribution is -2.48. The summed E-state index contributed by atoms with van der Waals surface area (Å²) in [5, 5.41) is 2.30. The van der Waals surface area contributed by atoms with E-state index in [-0.39, 0.29) is 33.5 Å². The van der Waals surface area contributed by atoms with E-state index >= 15 is 0 Å². The first-order valence-corrected chi connectivity index (χ1v) is 8.63. The predicted molar refractivity (Wildman–Crippen MR) is 99.7 cm³/mol. The van der Waals surface area contributed by atoms with Crippen molar-refractivity contribution < 1.29 is 23.1 Å². The second-order valence-corrected chi connectivity index (χ2v) is 6.46. The third-order valence-electron chi connectivity index (χ3n) is 3.52. The highest BCUT2D eigenvalue weighted by Crippen LogP contribution is 2.33. The van der Waals surface area contributed by atoms with E-state index in [0.717, 1.165) is 12.1 Å². The molecule has 1 aromatic heterocycles. The van der Waals surface area contributed by atoms with Crippen LogP contribution in [0, 0.1) is 11.6 Å². The molecule has 7 nitrogen and oxygen atoms in total. The zero-order chi connectivity index (χ0) is 20.8. The summed E-state index contributed by atoms with van der Waals surface area (Å²) in [5.74, 6) is -2.05. The van der Waals surface area contributed by atoms with Gasteiger partial charge < -0.3 is 10.1 Å². The van der Waals surface area contributed by atoms with E-state index in [1.54, 1.807) is 0 Å². The molecule has 1 unspecified atom stereocenters. The minimum atomic E-state index is -0.833. The van der Waals surface area contributed by atoms with Gasteiger partial charge in [0.25, 0.3) is 5.91 Å². The minimum absolute atomic E-state index is 0.0688. The number of rotatable bonds is 5. The van der Waals surface area contributed by atoms with Crippen LogP contribution in [0.1, 0.15) is 18.7 Å². The molecule has 2 aromatic rings. The van der Waals surface area contributed by atoms with Crippen molar-refractivity contribution in [1.29, 1.82) is 0 Å². The molecule has 2 rings (SSSR count). The number of methoxy groups -OCH3 is 1. The van der Waals surface area contributed by atoms with Gasteiger partial charge in [0, 0.05) is 29.5 Å². The van der Waals surface area contributed by atoms with E-state index in [0.29, 0.717) is 0 Å². The number of carbonyl (C=O) groups excluding carboxylic acids is 2. The van der Waals surface area contributed by atoms with Crippen LogP contribution in [0.25, 0.3) is 11.1 Å². The molecule has 0 fully saturated rings. The molecule has 3 amide bonds. The summed E-state index contributed by atoms with van der Waals surface area (Å²) in [5.41, 5.74) is 4.52. The molecule has 3 N–H and O–H groups in total. The highest BCUT2D eigenvalue weighted by molar-refractivity contribution is 6.35. The average molecular weight is 433 g/mol. The number of hydrogen-bond acceptors (Lipinski definition) is 4. The van der Waals surface area contributed by atoms with Crippen LogP contribution in [-0.4, -0.2) is 30.6 Å². The van der Waals surface area contributed by atoms with Crippen molar-refractivity contribution >= 4 is 35.1 Å². The fourth-order valence-electron chi connectivity index (χ4n) is 2.28. The highest BCUT2D eigenvalue weighted by atomic mass is 35.5. The second-order valence-electron chi connectivity index (χ2n) is 5.64. The van der Waals surface area contributed by atoms with E-state index in [1.807, 2.05) is 0 Å². The Kier molecular flexibility index (Phi) is 7.50. The van der Waals surface area contributed by atoms with E-state index in [9.17, 15) is 18.4 Å². The van der Waals surface area contributed by atoms with Gasteiger partial charge in [0.1, 0.15) is 18.2 Å². The van der Waals surface area contributed by atoms with Gasteiger partial charge in [0.15, 0.2) is 0 Å². The maximum atomic E-state index is 14.5. The smallest absolute Gasteiger partial charge is 0.334 e. The van der Waals surface area contributed by atoms with Gasteiger partial charge in [-0.25, -0.2) is 19.0 Å². The summed E-state index contributed by atoms with van der Waals surface area (Å²) in [6, 6.07) is 1.93. The van der Waals surface area contributed by atoms with Crippen LogP contribution >= 0.6 is 23.2 Å². The molecular weight excluding hydrogens is 417 g/mol. The molecule has 1 aromatic carbocycles. The van der Waals surface area contributed by atoms with Crippen molar-refractivity contribution in [2.75, 3.05) is 13.7 Å². The first-order valence-electron chi connectivity index (χ1n) is 7.87. The number of ether oxygens (including phenoxy) is 1. The molecule has 1 atom stereocenters. The second kappa shape index (κ2) is 9.63. The van der Waals surface area contributed by atoms with Crippen LogP contribution in [0.15, 0.2) is 24.4 Å². The van der Waals surface area contributed by atoms with Crippen molar-refractivity contribution in [1.82, 2.24) is 21.2 Å². The fourth-order valence-corrected chi connectivity index (χ4v) is 2.70. The molecule has 150 valence electrons. The molecule has 0 radical (unpaired) electrons. The van der Waals surface area contributed by atoms with Crippen LogP contribution < -0.4 is 16.2 Å². The summed E-state index contributed by atoms with van der Waals surface area (Å²) < 4.78 is 32.8. The highest BCUT2D eigenvalue weighted by Gasteiger charge is 2.18. The van der Waals surface area contributed by atoms with Gasteiger partial charge >= 0.3 is 6.03 Å². The van der Waals surface area contributed by atoms with E-state index in [4.69, 9.17) is 23.2 Å². The maximum Gasteiger partial charge on any atom is 0.334 e. The largest absolute Gasteiger partial charge is 0.375 e. The number of nitrogens with one attached hydrogen (secondary N) is 3. The third kappa shape index (κ3) is 5.51. The Balaban J connectivity index is 2.12. The molecule has 0 bridgehead atoms. The number of urea groups is 1. The number of carbonyl (C=O) groups is 2. The van der Waals surface area contributed by atoms with Crippen LogP contribution in [0.4, 0.5) is 13.6 Å². The molecule has 0 saturated carbocycles. The van der Waals surface area contributed by atoms with Gasteiger partial charge in [-0.3, -0.25) is 15.2 Å². The molecule has 1 heterocycles. The monoisotopic (exact) mass is 432 g/mol. The number of aromatic nitrogens is 1. The van der Waals surface area contributed by atoms with Crippen LogP contribution in [0.2, 0.25) is 10.0 Å². The Hall–Kier alpha value is -2.49. The lowest BCUT2D eigenvalue weighted by Gasteiger charge is -2.16. The van der Waals surface area contributed by atoms with Crippen molar-refractivity contribution in [3.63, 3.8) is 0 Å². The number of pyridine rings is 1. The van der Waals surface area contributed by atoms with E-state index < -0.39 is 29.6 Å². The third-order valence-corrected chi connectivity index (χ3v) is 4.12. The van der Waals surface area contributed by atoms with E-state index in [2.05, 4.69) is 25.9 Å². The first-order chi connectivity index (χ1) is 13.2. The number of benzene rings is 1. The zero-order valence-corrected chi connectivity index (χ0v) is 16.3. The molecule has 0 saturated heterocycles. The summed E-state index contributed by atoms with van der Waals surface area (Å²) in [4.78, 5) is 26.9. The predicted octanol–water partition coefficient (Wildman–Crippen LogP) is 3.37.